The maximum atomic E-state index is 13.8. The standard InChI is InChI=1S/C21H22FN5O3S.C2H6/c1-24-9-8-13(20-17-10-14(22)2-7-18(17)27-19(20)12-28)11-25-21(29)26-15-3-5-16(6-4-15)31(23)30;1-2/h2-7,10-12,24,27H,8-9,23H2,1H3,(H2,25,26,29);1-2H3/b13-11+;. The maximum Gasteiger partial charge on any atom is 0.323 e. The molecule has 0 aliphatic rings. The summed E-state index contributed by atoms with van der Waals surface area (Å²) >= 11 is 0. The Hall–Kier alpha value is -3.34. The SMILES string of the molecule is CC.CNCC/C(=C\NC(=O)Nc1ccc(S(N)=O)cc1)c1c(C=O)[nH]c2ccc(F)cc12. The summed E-state index contributed by atoms with van der Waals surface area (Å²) in [5, 5.41) is 14.2. The first-order chi connectivity index (χ1) is 15.9. The molecule has 0 fully saturated rings. The quantitative estimate of drug-likeness (QED) is 0.318. The second-order valence-corrected chi connectivity index (χ2v) is 7.73. The topological polar surface area (TPSA) is 129 Å². The second kappa shape index (κ2) is 12.6. The van der Waals surface area contributed by atoms with Crippen LogP contribution in [0.5, 0.6) is 0 Å². The molecule has 10 heteroatoms. The second-order valence-electron chi connectivity index (χ2n) is 6.66. The number of H-pyrrole nitrogens is 1. The molecule has 3 aromatic rings. The summed E-state index contributed by atoms with van der Waals surface area (Å²) in [5.41, 5.74) is 2.60. The molecule has 0 aliphatic carbocycles. The molecule has 1 aromatic heterocycles. The minimum absolute atomic E-state index is 0.301. The molecule has 0 radical (unpaired) electrons. The average molecular weight is 474 g/mol. The Balaban J connectivity index is 0.00000187. The van der Waals surface area contributed by atoms with Crippen LogP contribution in [-0.4, -0.2) is 35.1 Å². The Kier molecular flexibility index (Phi) is 9.92. The van der Waals surface area contributed by atoms with Gasteiger partial charge in [0.05, 0.1) is 10.6 Å². The first-order valence-electron chi connectivity index (χ1n) is 10.4. The van der Waals surface area contributed by atoms with Gasteiger partial charge in [-0.25, -0.2) is 18.5 Å². The molecular weight excluding hydrogens is 445 g/mol. The number of nitrogens with one attached hydrogen (secondary N) is 4. The van der Waals surface area contributed by atoms with Crippen molar-refractivity contribution >= 4 is 45.5 Å². The lowest BCUT2D eigenvalue weighted by Crippen LogP contribution is -2.24. The Labute approximate surface area is 194 Å². The molecule has 8 nitrogen and oxygen atoms in total. The fourth-order valence-electron chi connectivity index (χ4n) is 3.14. The van der Waals surface area contributed by atoms with Crippen molar-refractivity contribution < 1.29 is 18.2 Å². The van der Waals surface area contributed by atoms with E-state index in [2.05, 4.69) is 20.9 Å². The van der Waals surface area contributed by atoms with Gasteiger partial charge >= 0.3 is 6.03 Å². The normalized spacial score (nSPS) is 12.0. The number of hydrogen-bond donors (Lipinski definition) is 5. The van der Waals surface area contributed by atoms with Crippen LogP contribution in [0.4, 0.5) is 14.9 Å². The number of urea groups is 1. The van der Waals surface area contributed by atoms with Crippen molar-refractivity contribution in [1.29, 1.82) is 0 Å². The lowest BCUT2D eigenvalue weighted by Gasteiger charge is -2.10. The molecule has 33 heavy (non-hydrogen) atoms. The smallest absolute Gasteiger partial charge is 0.323 e. The van der Waals surface area contributed by atoms with Gasteiger partial charge in [-0.15, -0.1) is 0 Å². The number of rotatable bonds is 8. The lowest BCUT2D eigenvalue weighted by molar-refractivity contribution is 0.111. The van der Waals surface area contributed by atoms with Gasteiger partial charge in [0.1, 0.15) is 16.8 Å². The van der Waals surface area contributed by atoms with Crippen LogP contribution in [0.1, 0.15) is 36.3 Å². The van der Waals surface area contributed by atoms with E-state index in [-0.39, 0.29) is 0 Å². The number of benzene rings is 2. The van der Waals surface area contributed by atoms with Crippen LogP contribution >= 0.6 is 0 Å². The highest BCUT2D eigenvalue weighted by atomic mass is 32.2. The summed E-state index contributed by atoms with van der Waals surface area (Å²) in [6.45, 7) is 4.58. The third kappa shape index (κ3) is 6.82. The van der Waals surface area contributed by atoms with Crippen molar-refractivity contribution in [2.24, 2.45) is 5.14 Å². The summed E-state index contributed by atoms with van der Waals surface area (Å²) in [7, 11) is 0.184. The summed E-state index contributed by atoms with van der Waals surface area (Å²) in [6.07, 6.45) is 2.65. The van der Waals surface area contributed by atoms with Gasteiger partial charge in [-0.1, -0.05) is 13.8 Å². The Morgan fingerprint density at radius 3 is 2.48 bits per heavy atom. The first kappa shape index (κ1) is 25.9. The zero-order chi connectivity index (χ0) is 24.4. The molecule has 2 amide bonds. The molecule has 0 bridgehead atoms. The molecule has 176 valence electrons. The maximum absolute atomic E-state index is 13.8. The van der Waals surface area contributed by atoms with E-state index < -0.39 is 22.8 Å². The minimum Gasteiger partial charge on any atom is -0.352 e. The number of amides is 2. The molecule has 1 unspecified atom stereocenters. The van der Waals surface area contributed by atoms with Crippen LogP contribution in [0.25, 0.3) is 16.5 Å². The zero-order valence-corrected chi connectivity index (χ0v) is 19.5. The van der Waals surface area contributed by atoms with Crippen LogP contribution in [0.2, 0.25) is 0 Å². The first-order valence-corrected chi connectivity index (χ1v) is 11.6. The number of hydrogen-bond acceptors (Lipinski definition) is 4. The van der Waals surface area contributed by atoms with Gasteiger partial charge in [-0.2, -0.15) is 0 Å². The largest absolute Gasteiger partial charge is 0.352 e. The van der Waals surface area contributed by atoms with E-state index in [1.807, 2.05) is 13.8 Å². The molecule has 0 aliphatic heterocycles. The van der Waals surface area contributed by atoms with E-state index >= 15 is 0 Å². The number of aldehydes is 1. The molecule has 0 saturated carbocycles. The fraction of sp³-hybridized carbons (Fsp3) is 0.217. The number of carbonyl (C=O) groups is 2. The van der Waals surface area contributed by atoms with E-state index in [9.17, 15) is 18.2 Å². The van der Waals surface area contributed by atoms with Gasteiger partial charge in [-0.05, 0) is 68.1 Å². The number of fused-ring (bicyclic) bond motifs is 1. The van der Waals surface area contributed by atoms with Gasteiger partial charge in [0.2, 0.25) is 0 Å². The number of anilines is 1. The van der Waals surface area contributed by atoms with Crippen molar-refractivity contribution in [2.45, 2.75) is 25.2 Å². The highest BCUT2D eigenvalue weighted by Gasteiger charge is 2.16. The van der Waals surface area contributed by atoms with Crippen molar-refractivity contribution in [3.05, 3.63) is 65.7 Å². The molecular formula is C23H28FN5O3S. The molecule has 6 N–H and O–H groups in total. The summed E-state index contributed by atoms with van der Waals surface area (Å²) in [6, 6.07) is 9.98. The van der Waals surface area contributed by atoms with E-state index in [4.69, 9.17) is 5.14 Å². The number of aromatic nitrogens is 1. The zero-order valence-electron chi connectivity index (χ0n) is 18.7. The third-order valence-corrected chi connectivity index (χ3v) is 5.33. The van der Waals surface area contributed by atoms with Gasteiger partial charge in [0.15, 0.2) is 6.29 Å². The lowest BCUT2D eigenvalue weighted by atomic mass is 10.00. The predicted octanol–water partition coefficient (Wildman–Crippen LogP) is 3.90. The van der Waals surface area contributed by atoms with Crippen molar-refractivity contribution in [1.82, 2.24) is 15.6 Å². The van der Waals surface area contributed by atoms with Crippen LogP contribution in [0.15, 0.2) is 53.6 Å². The van der Waals surface area contributed by atoms with Gasteiger partial charge < -0.3 is 20.9 Å². The van der Waals surface area contributed by atoms with Crippen molar-refractivity contribution in [3.8, 4) is 0 Å². The predicted molar refractivity (Wildman–Crippen MR) is 131 cm³/mol. The number of halogens is 1. The molecule has 0 spiro atoms. The van der Waals surface area contributed by atoms with Crippen LogP contribution < -0.4 is 21.1 Å². The molecule has 1 heterocycles. The Morgan fingerprint density at radius 1 is 1.18 bits per heavy atom. The summed E-state index contributed by atoms with van der Waals surface area (Å²) in [4.78, 5) is 27.4. The van der Waals surface area contributed by atoms with Crippen LogP contribution in [0, 0.1) is 5.82 Å². The molecule has 1 atom stereocenters. The third-order valence-electron chi connectivity index (χ3n) is 4.59. The van der Waals surface area contributed by atoms with Crippen LogP contribution in [-0.2, 0) is 11.0 Å². The van der Waals surface area contributed by atoms with Gasteiger partial charge in [-0.3, -0.25) is 4.79 Å². The van der Waals surface area contributed by atoms with Crippen LogP contribution in [0.3, 0.4) is 0 Å². The number of aromatic amines is 1. The molecule has 2 aromatic carbocycles. The van der Waals surface area contributed by atoms with Crippen molar-refractivity contribution in [2.75, 3.05) is 18.9 Å². The van der Waals surface area contributed by atoms with E-state index in [0.29, 0.717) is 57.6 Å². The van der Waals surface area contributed by atoms with Gasteiger partial charge in [0.25, 0.3) is 0 Å². The number of carbonyl (C=O) groups excluding carboxylic acids is 2. The summed E-state index contributed by atoms with van der Waals surface area (Å²) in [5.74, 6) is -0.425. The van der Waals surface area contributed by atoms with E-state index in [1.54, 1.807) is 37.4 Å². The Bertz CT molecular complexity index is 1160. The highest BCUT2D eigenvalue weighted by molar-refractivity contribution is 7.82. The molecule has 3 rings (SSSR count). The minimum atomic E-state index is -1.60. The number of nitrogens with two attached hydrogens (primary N) is 1. The highest BCUT2D eigenvalue weighted by Crippen LogP contribution is 2.30. The average Bonchev–Trinajstić information content (AvgIpc) is 3.18. The molecule has 0 saturated heterocycles. The van der Waals surface area contributed by atoms with Gasteiger partial charge in [0, 0.05) is 28.4 Å². The van der Waals surface area contributed by atoms with E-state index in [0.717, 1.165) is 0 Å². The fourth-order valence-corrected chi connectivity index (χ4v) is 3.54. The van der Waals surface area contributed by atoms with Crippen molar-refractivity contribution in [3.63, 3.8) is 0 Å². The van der Waals surface area contributed by atoms with E-state index in [1.165, 1.54) is 18.3 Å². The Morgan fingerprint density at radius 2 is 1.88 bits per heavy atom. The monoisotopic (exact) mass is 473 g/mol. The summed E-state index contributed by atoms with van der Waals surface area (Å²) < 4.78 is 25.1.